The van der Waals surface area contributed by atoms with Crippen molar-refractivity contribution in [1.29, 1.82) is 0 Å². The van der Waals surface area contributed by atoms with Crippen LogP contribution in [0.15, 0.2) is 12.1 Å². The maximum Gasteiger partial charge on any atom is 0.231 e. The number of hydrogen-bond donors (Lipinski definition) is 1. The maximum atomic E-state index is 5.67. The predicted octanol–water partition coefficient (Wildman–Crippen LogP) is 1.50. The summed E-state index contributed by atoms with van der Waals surface area (Å²) in [5.74, 6) is 1.69. The number of aryl methyl sites for hydroxylation is 1. The van der Waals surface area contributed by atoms with Crippen molar-refractivity contribution in [3.8, 4) is 11.5 Å². The van der Waals surface area contributed by atoms with Gasteiger partial charge >= 0.3 is 0 Å². The van der Waals surface area contributed by atoms with Gasteiger partial charge in [-0.2, -0.15) is 0 Å². The summed E-state index contributed by atoms with van der Waals surface area (Å²) in [6, 6.07) is 4.48. The van der Waals surface area contributed by atoms with Crippen LogP contribution in [0.25, 0.3) is 0 Å². The van der Waals surface area contributed by atoms with Gasteiger partial charge in [0.25, 0.3) is 0 Å². The number of nitrogens with two attached hydrogens (primary N) is 1. The molecule has 94 valence electrons. The monoisotopic (exact) mass is 236 g/mol. The fourth-order valence-corrected chi connectivity index (χ4v) is 1.86. The summed E-state index contributed by atoms with van der Waals surface area (Å²) in [6.07, 6.45) is 0. The van der Waals surface area contributed by atoms with Crippen molar-refractivity contribution in [2.24, 2.45) is 5.73 Å². The van der Waals surface area contributed by atoms with Gasteiger partial charge in [0, 0.05) is 19.1 Å². The summed E-state index contributed by atoms with van der Waals surface area (Å²) in [4.78, 5) is 2.24. The van der Waals surface area contributed by atoms with Crippen LogP contribution < -0.4 is 15.2 Å². The van der Waals surface area contributed by atoms with Crippen molar-refractivity contribution < 1.29 is 9.47 Å². The van der Waals surface area contributed by atoms with Gasteiger partial charge in [-0.05, 0) is 44.2 Å². The number of ether oxygens (including phenoxy) is 2. The van der Waals surface area contributed by atoms with Crippen LogP contribution in [0.3, 0.4) is 0 Å². The topological polar surface area (TPSA) is 47.7 Å². The molecule has 1 heterocycles. The van der Waals surface area contributed by atoms with Crippen LogP contribution in [0.5, 0.6) is 11.5 Å². The molecule has 0 saturated heterocycles. The lowest BCUT2D eigenvalue weighted by Crippen LogP contribution is -2.34. The number of benzene rings is 1. The molecule has 1 atom stereocenters. The van der Waals surface area contributed by atoms with Gasteiger partial charge in [0.15, 0.2) is 11.5 Å². The molecule has 2 rings (SSSR count). The van der Waals surface area contributed by atoms with Gasteiger partial charge in [-0.3, -0.25) is 4.90 Å². The lowest BCUT2D eigenvalue weighted by molar-refractivity contribution is 0.174. The average molecular weight is 236 g/mol. The van der Waals surface area contributed by atoms with Gasteiger partial charge in [0.05, 0.1) is 0 Å². The second kappa shape index (κ2) is 4.94. The maximum absolute atomic E-state index is 5.67. The van der Waals surface area contributed by atoms with Gasteiger partial charge in [-0.1, -0.05) is 0 Å². The van der Waals surface area contributed by atoms with Crippen LogP contribution in [0, 0.1) is 6.92 Å². The smallest absolute Gasteiger partial charge is 0.231 e. The molecule has 4 nitrogen and oxygen atoms in total. The third kappa shape index (κ3) is 2.53. The van der Waals surface area contributed by atoms with Crippen molar-refractivity contribution in [2.45, 2.75) is 26.4 Å². The first kappa shape index (κ1) is 12.2. The van der Waals surface area contributed by atoms with E-state index in [0.717, 1.165) is 18.0 Å². The van der Waals surface area contributed by atoms with Crippen molar-refractivity contribution in [3.05, 3.63) is 23.3 Å². The quantitative estimate of drug-likeness (QED) is 0.860. The van der Waals surface area contributed by atoms with Crippen LogP contribution in [0.1, 0.15) is 18.1 Å². The van der Waals surface area contributed by atoms with Gasteiger partial charge in [-0.25, -0.2) is 0 Å². The minimum absolute atomic E-state index is 0.327. The molecule has 2 N–H and O–H groups in total. The standard InChI is InChI=1S/C13H20N2O2/c1-9-4-12-13(17-8-16-12)5-11(9)7-15(3)10(2)6-14/h4-5,10H,6-8,14H2,1-3H3. The average Bonchev–Trinajstić information content (AvgIpc) is 2.75. The first-order chi connectivity index (χ1) is 8.11. The largest absolute Gasteiger partial charge is 0.454 e. The van der Waals surface area contributed by atoms with Crippen LogP contribution in [-0.2, 0) is 6.54 Å². The van der Waals surface area contributed by atoms with Gasteiger partial charge in [0.1, 0.15) is 0 Å². The predicted molar refractivity (Wildman–Crippen MR) is 67.3 cm³/mol. The number of likely N-dealkylation sites (N-methyl/N-ethyl adjacent to an activating group) is 1. The highest BCUT2D eigenvalue weighted by Crippen LogP contribution is 2.34. The summed E-state index contributed by atoms with van der Waals surface area (Å²) >= 11 is 0. The van der Waals surface area contributed by atoms with E-state index in [4.69, 9.17) is 15.2 Å². The number of fused-ring (bicyclic) bond motifs is 1. The fraction of sp³-hybridized carbons (Fsp3) is 0.538. The molecular weight excluding hydrogens is 216 g/mol. The normalized spacial score (nSPS) is 15.4. The Morgan fingerprint density at radius 2 is 2.00 bits per heavy atom. The van der Waals surface area contributed by atoms with Crippen LogP contribution >= 0.6 is 0 Å². The Morgan fingerprint density at radius 3 is 2.65 bits per heavy atom. The summed E-state index contributed by atoms with van der Waals surface area (Å²) in [5.41, 5.74) is 8.16. The molecule has 0 fully saturated rings. The zero-order valence-electron chi connectivity index (χ0n) is 10.7. The van der Waals surface area contributed by atoms with E-state index < -0.39 is 0 Å². The van der Waals surface area contributed by atoms with Gasteiger partial charge < -0.3 is 15.2 Å². The molecule has 0 saturated carbocycles. The first-order valence-corrected chi connectivity index (χ1v) is 5.91. The van der Waals surface area contributed by atoms with E-state index in [0.29, 0.717) is 19.4 Å². The van der Waals surface area contributed by atoms with E-state index in [2.05, 4.69) is 31.9 Å². The number of hydrogen-bond acceptors (Lipinski definition) is 4. The van der Waals surface area contributed by atoms with Crippen molar-refractivity contribution in [3.63, 3.8) is 0 Å². The molecule has 1 aromatic rings. The Hall–Kier alpha value is -1.26. The van der Waals surface area contributed by atoms with Crippen LogP contribution in [0.4, 0.5) is 0 Å². The van der Waals surface area contributed by atoms with E-state index in [-0.39, 0.29) is 0 Å². The Labute approximate surface area is 102 Å². The summed E-state index contributed by atoms with van der Waals surface area (Å²) in [7, 11) is 2.08. The van der Waals surface area contributed by atoms with Crippen molar-refractivity contribution in [2.75, 3.05) is 20.4 Å². The number of rotatable bonds is 4. The molecular formula is C13H20N2O2. The van der Waals surface area contributed by atoms with Crippen LogP contribution in [0.2, 0.25) is 0 Å². The molecule has 4 heteroatoms. The minimum Gasteiger partial charge on any atom is -0.454 e. The van der Waals surface area contributed by atoms with Crippen molar-refractivity contribution in [1.82, 2.24) is 4.90 Å². The van der Waals surface area contributed by atoms with Gasteiger partial charge in [-0.15, -0.1) is 0 Å². The molecule has 0 aromatic heterocycles. The highest BCUT2D eigenvalue weighted by Gasteiger charge is 2.17. The first-order valence-electron chi connectivity index (χ1n) is 5.91. The summed E-state index contributed by atoms with van der Waals surface area (Å²) in [6.45, 7) is 6.09. The van der Waals surface area contributed by atoms with E-state index in [9.17, 15) is 0 Å². The third-order valence-corrected chi connectivity index (χ3v) is 3.34. The Bertz CT molecular complexity index is 407. The lowest BCUT2D eigenvalue weighted by atomic mass is 10.1. The molecule has 1 unspecified atom stereocenters. The third-order valence-electron chi connectivity index (χ3n) is 3.34. The van der Waals surface area contributed by atoms with E-state index >= 15 is 0 Å². The fourth-order valence-electron chi connectivity index (χ4n) is 1.86. The van der Waals surface area contributed by atoms with Crippen LogP contribution in [-0.4, -0.2) is 31.3 Å². The van der Waals surface area contributed by atoms with E-state index in [1.165, 1.54) is 11.1 Å². The minimum atomic E-state index is 0.327. The Balaban J connectivity index is 2.16. The Kier molecular flexibility index (Phi) is 3.54. The summed E-state index contributed by atoms with van der Waals surface area (Å²) in [5, 5.41) is 0. The van der Waals surface area contributed by atoms with Gasteiger partial charge in [0.2, 0.25) is 6.79 Å². The Morgan fingerprint density at radius 1 is 1.35 bits per heavy atom. The highest BCUT2D eigenvalue weighted by molar-refractivity contribution is 5.48. The van der Waals surface area contributed by atoms with Crippen molar-refractivity contribution >= 4 is 0 Å². The molecule has 0 bridgehead atoms. The van der Waals surface area contributed by atoms with E-state index in [1.807, 2.05) is 6.07 Å². The second-order valence-corrected chi connectivity index (χ2v) is 4.63. The zero-order chi connectivity index (χ0) is 12.4. The molecule has 1 aliphatic rings. The molecule has 1 aromatic carbocycles. The summed E-state index contributed by atoms with van der Waals surface area (Å²) < 4.78 is 10.7. The zero-order valence-corrected chi connectivity index (χ0v) is 10.7. The lowest BCUT2D eigenvalue weighted by Gasteiger charge is -2.24. The molecule has 0 radical (unpaired) electrons. The van der Waals surface area contributed by atoms with E-state index in [1.54, 1.807) is 0 Å². The molecule has 1 aliphatic heterocycles. The number of nitrogens with zero attached hydrogens (tertiary/aromatic N) is 1. The highest BCUT2D eigenvalue weighted by atomic mass is 16.7. The molecule has 0 spiro atoms. The molecule has 0 aliphatic carbocycles. The molecule has 17 heavy (non-hydrogen) atoms. The SMILES string of the molecule is Cc1cc2c(cc1CN(C)C(C)CN)OCO2. The second-order valence-electron chi connectivity index (χ2n) is 4.63. The molecule has 0 amide bonds.